The van der Waals surface area contributed by atoms with Crippen molar-refractivity contribution >= 4 is 40.4 Å². The molecule has 1 aromatic heterocycles. The number of nitrogens with one attached hydrogen (secondary N) is 2. The third-order valence-electron chi connectivity index (χ3n) is 9.41. The monoisotopic (exact) mass is 756 g/mol. The summed E-state index contributed by atoms with van der Waals surface area (Å²) in [5.74, 6) is -2.33. The molecular weight excluding hydrogens is 713 g/mol. The van der Waals surface area contributed by atoms with Crippen molar-refractivity contribution in [3.63, 3.8) is 0 Å². The van der Waals surface area contributed by atoms with E-state index in [1.165, 1.54) is 55.2 Å². The van der Waals surface area contributed by atoms with E-state index in [0.29, 0.717) is 25.3 Å². The van der Waals surface area contributed by atoms with Crippen LogP contribution >= 0.6 is 0 Å². The normalized spacial score (nSPS) is 16.2. The second-order valence-electron chi connectivity index (χ2n) is 12.7. The number of methoxy groups -OCH3 is 3. The van der Waals surface area contributed by atoms with Crippen LogP contribution in [-0.2, 0) is 4.74 Å². The van der Waals surface area contributed by atoms with Gasteiger partial charge in [0.25, 0.3) is 5.56 Å². The van der Waals surface area contributed by atoms with E-state index in [9.17, 15) is 32.3 Å². The number of carbonyl (C=O) groups is 3. The lowest BCUT2D eigenvalue weighted by Crippen LogP contribution is -2.58. The Morgan fingerprint density at radius 3 is 2.28 bits per heavy atom. The topological polar surface area (TPSA) is 151 Å². The molecule has 2 aliphatic heterocycles. The van der Waals surface area contributed by atoms with Gasteiger partial charge in [-0.3, -0.25) is 9.69 Å². The van der Waals surface area contributed by atoms with Gasteiger partial charge in [0, 0.05) is 46.9 Å². The largest absolute Gasteiger partial charge is 0.497 e. The van der Waals surface area contributed by atoms with Crippen molar-refractivity contribution in [2.45, 2.75) is 25.4 Å². The number of piperazine rings is 1. The van der Waals surface area contributed by atoms with Gasteiger partial charge in [0.1, 0.15) is 17.3 Å². The SMILES string of the molecule is COC(=O)N[C@@H]1CCN(C(=O)N2CCN(n3c(C(C)N(C(=O)Nc4ccc(F)cc4)c4ccc(OC)cc4OC)nc4cc(F)c(F)cc4c3=O)CC2)C1.[HH].[HH]. The zero-order chi connectivity index (χ0) is 38.7. The molecule has 0 saturated carbocycles. The van der Waals surface area contributed by atoms with Crippen LogP contribution in [0.5, 0.6) is 11.5 Å². The molecule has 3 heterocycles. The molecule has 2 aliphatic rings. The zero-order valence-electron chi connectivity index (χ0n) is 30.0. The van der Waals surface area contributed by atoms with Crippen LogP contribution in [0.4, 0.5) is 38.9 Å². The Bertz CT molecular complexity index is 2120. The van der Waals surface area contributed by atoms with Gasteiger partial charge >= 0.3 is 18.2 Å². The maximum Gasteiger partial charge on any atom is 0.407 e. The first-order valence-electron chi connectivity index (χ1n) is 17.1. The van der Waals surface area contributed by atoms with Gasteiger partial charge in [0.2, 0.25) is 0 Å². The van der Waals surface area contributed by atoms with Gasteiger partial charge in [0.05, 0.1) is 63.1 Å². The average molecular weight is 757 g/mol. The van der Waals surface area contributed by atoms with Crippen LogP contribution < -0.4 is 35.6 Å². The van der Waals surface area contributed by atoms with Gasteiger partial charge < -0.3 is 39.7 Å². The molecule has 54 heavy (non-hydrogen) atoms. The van der Waals surface area contributed by atoms with E-state index in [-0.39, 0.29) is 75.0 Å². The fourth-order valence-electron chi connectivity index (χ4n) is 6.61. The maximum absolute atomic E-state index is 14.6. The highest BCUT2D eigenvalue weighted by atomic mass is 19.2. The first-order valence-corrected chi connectivity index (χ1v) is 17.1. The number of hydrogen-bond donors (Lipinski definition) is 2. The Kier molecular flexibility index (Phi) is 11.0. The van der Waals surface area contributed by atoms with Crippen LogP contribution in [0.1, 0.15) is 28.1 Å². The number of halogens is 3. The maximum atomic E-state index is 14.6. The van der Waals surface area contributed by atoms with E-state index in [4.69, 9.17) is 9.47 Å². The molecule has 15 nitrogen and oxygen atoms in total. The van der Waals surface area contributed by atoms with E-state index in [0.717, 1.165) is 12.1 Å². The van der Waals surface area contributed by atoms with Gasteiger partial charge in [-0.2, -0.15) is 0 Å². The quantitative estimate of drug-likeness (QED) is 0.255. The Morgan fingerprint density at radius 2 is 1.61 bits per heavy atom. The molecule has 0 bridgehead atoms. The average Bonchev–Trinajstić information content (AvgIpc) is 3.64. The molecule has 2 atom stereocenters. The number of fused-ring (bicyclic) bond motifs is 1. The summed E-state index contributed by atoms with van der Waals surface area (Å²) in [6.45, 7) is 2.96. The minimum Gasteiger partial charge on any atom is -0.497 e. The van der Waals surface area contributed by atoms with Crippen LogP contribution in [0, 0.1) is 17.5 Å². The number of alkyl carbamates (subject to hydrolysis) is 1. The summed E-state index contributed by atoms with van der Waals surface area (Å²) < 4.78 is 59.7. The first kappa shape index (κ1) is 37.6. The molecule has 0 spiro atoms. The molecule has 0 radical (unpaired) electrons. The summed E-state index contributed by atoms with van der Waals surface area (Å²) in [6, 6.07) is 9.13. The lowest BCUT2D eigenvalue weighted by atomic mass is 10.1. The molecule has 290 valence electrons. The van der Waals surface area contributed by atoms with E-state index in [2.05, 4.69) is 20.4 Å². The highest BCUT2D eigenvalue weighted by Gasteiger charge is 2.35. The van der Waals surface area contributed by atoms with Crippen molar-refractivity contribution in [3.05, 3.63) is 88.2 Å². The van der Waals surface area contributed by atoms with E-state index >= 15 is 0 Å². The van der Waals surface area contributed by atoms with Crippen molar-refractivity contribution in [2.24, 2.45) is 0 Å². The van der Waals surface area contributed by atoms with Gasteiger partial charge in [-0.1, -0.05) is 0 Å². The van der Waals surface area contributed by atoms with Crippen molar-refractivity contribution in [1.29, 1.82) is 0 Å². The molecule has 2 saturated heterocycles. The van der Waals surface area contributed by atoms with Crippen molar-refractivity contribution in [1.82, 2.24) is 24.8 Å². The number of urea groups is 2. The highest BCUT2D eigenvalue weighted by Crippen LogP contribution is 2.37. The lowest BCUT2D eigenvalue weighted by Gasteiger charge is -2.40. The molecule has 2 fully saturated rings. The molecule has 2 N–H and O–H groups in total. The third-order valence-corrected chi connectivity index (χ3v) is 9.41. The van der Waals surface area contributed by atoms with E-state index in [1.54, 1.807) is 39.9 Å². The molecule has 1 unspecified atom stereocenters. The highest BCUT2D eigenvalue weighted by molar-refractivity contribution is 6.03. The second-order valence-corrected chi connectivity index (χ2v) is 12.7. The van der Waals surface area contributed by atoms with Crippen molar-refractivity contribution < 1.29 is 44.6 Å². The minimum absolute atomic E-state index is 0. The lowest BCUT2D eigenvalue weighted by molar-refractivity contribution is 0.152. The molecule has 0 aliphatic carbocycles. The Balaban J connectivity index is 0.00000348. The summed E-state index contributed by atoms with van der Waals surface area (Å²) in [7, 11) is 4.13. The van der Waals surface area contributed by atoms with Crippen LogP contribution in [-0.4, -0.2) is 104 Å². The number of carbonyl (C=O) groups excluding carboxylic acids is 3. The van der Waals surface area contributed by atoms with Crippen LogP contribution in [0.2, 0.25) is 0 Å². The number of ether oxygens (including phenoxy) is 3. The predicted octanol–water partition coefficient (Wildman–Crippen LogP) is 4.93. The van der Waals surface area contributed by atoms with Crippen molar-refractivity contribution in [3.8, 4) is 11.5 Å². The summed E-state index contributed by atoms with van der Waals surface area (Å²) in [6.07, 6.45) is -0.0244. The van der Waals surface area contributed by atoms with E-state index in [1.807, 2.05) is 0 Å². The minimum atomic E-state index is -1.24. The van der Waals surface area contributed by atoms with Gasteiger partial charge in [-0.25, -0.2) is 37.2 Å². The molecule has 6 rings (SSSR count). The summed E-state index contributed by atoms with van der Waals surface area (Å²) in [4.78, 5) is 62.9. The summed E-state index contributed by atoms with van der Waals surface area (Å²) in [5.41, 5.74) is -0.371. The number of amides is 5. The predicted molar refractivity (Wildman–Crippen MR) is 196 cm³/mol. The smallest absolute Gasteiger partial charge is 0.407 e. The molecule has 18 heteroatoms. The molecule has 3 aromatic carbocycles. The number of anilines is 2. The number of nitrogens with zero attached hydrogens (tertiary/aromatic N) is 6. The van der Waals surface area contributed by atoms with Crippen molar-refractivity contribution in [2.75, 3.05) is 75.8 Å². The number of aromatic nitrogens is 2. The number of rotatable bonds is 8. The fraction of sp³-hybridized carbons (Fsp3) is 0.361. The Labute approximate surface area is 310 Å². The molecule has 5 amide bonds. The van der Waals surface area contributed by atoms with Crippen LogP contribution in [0.15, 0.2) is 59.4 Å². The number of likely N-dealkylation sites (tertiary alicyclic amines) is 1. The summed E-state index contributed by atoms with van der Waals surface area (Å²) in [5, 5.41) is 6.89. The van der Waals surface area contributed by atoms with Crippen LogP contribution in [0.3, 0.4) is 0 Å². The Morgan fingerprint density at radius 1 is 0.907 bits per heavy atom. The van der Waals surface area contributed by atoms with Gasteiger partial charge in [-0.05, 0) is 55.8 Å². The second kappa shape index (κ2) is 15.8. The van der Waals surface area contributed by atoms with Crippen LogP contribution in [0.25, 0.3) is 10.9 Å². The first-order chi connectivity index (χ1) is 25.9. The zero-order valence-corrected chi connectivity index (χ0v) is 30.0. The molecular formula is C36H43F3N8O7. The number of benzene rings is 3. The van der Waals surface area contributed by atoms with Gasteiger partial charge in [0.15, 0.2) is 17.5 Å². The fourth-order valence-corrected chi connectivity index (χ4v) is 6.61. The third kappa shape index (κ3) is 7.62. The summed E-state index contributed by atoms with van der Waals surface area (Å²) >= 11 is 0. The number of hydrogen-bond acceptors (Lipinski definition) is 9. The van der Waals surface area contributed by atoms with Gasteiger partial charge in [-0.15, -0.1) is 0 Å². The standard InChI is InChI=1S/C36H39F3N8O7.2H2/c1-21(46(30-10-9-25(52-2)17-31(30)53-3)34(49)40-23-7-5-22(37)6-8-23)32-42-29-19-28(39)27(38)18-26(29)33(48)47(32)45-15-13-43(14-16-45)36(51)44-12-11-24(20-44)41-35(50)54-4;;/h5-10,17-19,21,24H,11-16,20H2,1-4H3,(H,40,49)(H,41,50);2*1H/t21?,24-;;/m1../s1. The van der Waals surface area contributed by atoms with E-state index < -0.39 is 41.2 Å². The molecule has 4 aromatic rings. The Hall–Kier alpha value is -6.20.